The van der Waals surface area contributed by atoms with E-state index < -0.39 is 15.9 Å². The summed E-state index contributed by atoms with van der Waals surface area (Å²) in [5.41, 5.74) is 0.527. The van der Waals surface area contributed by atoms with Crippen molar-refractivity contribution in [2.24, 2.45) is 0 Å². The van der Waals surface area contributed by atoms with Gasteiger partial charge in [0.2, 0.25) is 10.0 Å². The zero-order chi connectivity index (χ0) is 23.4. The van der Waals surface area contributed by atoms with Gasteiger partial charge < -0.3 is 19.5 Å². The third-order valence-electron chi connectivity index (χ3n) is 5.52. The van der Waals surface area contributed by atoms with Crippen molar-refractivity contribution in [3.05, 3.63) is 40.9 Å². The van der Waals surface area contributed by atoms with E-state index in [0.717, 1.165) is 19.3 Å². The van der Waals surface area contributed by atoms with E-state index in [2.05, 4.69) is 5.32 Å². The molecule has 10 heteroatoms. The van der Waals surface area contributed by atoms with Crippen LogP contribution in [0.15, 0.2) is 35.2 Å². The first-order valence-electron chi connectivity index (χ1n) is 11.1. The summed E-state index contributed by atoms with van der Waals surface area (Å²) in [6.45, 7) is 4.10. The van der Waals surface area contributed by atoms with E-state index in [0.29, 0.717) is 56.6 Å². The largest absolute Gasteiger partial charge is 0.492 e. The van der Waals surface area contributed by atoms with Gasteiger partial charge >= 0.3 is 0 Å². The van der Waals surface area contributed by atoms with Crippen LogP contribution in [0.5, 0.6) is 17.2 Å². The number of fused-ring (bicyclic) bond motifs is 1. The molecule has 2 heterocycles. The number of nitrogens with one attached hydrogen (secondary N) is 1. The van der Waals surface area contributed by atoms with Gasteiger partial charge in [-0.1, -0.05) is 18.0 Å². The third-order valence-corrected chi connectivity index (χ3v) is 7.69. The summed E-state index contributed by atoms with van der Waals surface area (Å²) in [6, 6.07) is 7.58. The molecule has 0 unspecified atom stereocenters. The number of ether oxygens (including phenoxy) is 3. The minimum atomic E-state index is -3.67. The molecule has 178 valence electrons. The van der Waals surface area contributed by atoms with Crippen molar-refractivity contribution in [1.82, 2.24) is 4.31 Å². The first-order chi connectivity index (χ1) is 15.9. The normalized spacial score (nSPS) is 16.7. The van der Waals surface area contributed by atoms with Gasteiger partial charge in [-0.3, -0.25) is 4.79 Å². The summed E-state index contributed by atoms with van der Waals surface area (Å²) < 4.78 is 44.6. The minimum absolute atomic E-state index is 0.111. The van der Waals surface area contributed by atoms with Crippen LogP contribution in [-0.2, 0) is 10.0 Å². The van der Waals surface area contributed by atoms with Crippen LogP contribution in [0.2, 0.25) is 5.02 Å². The molecule has 2 aliphatic heterocycles. The van der Waals surface area contributed by atoms with Crippen LogP contribution in [0.25, 0.3) is 0 Å². The van der Waals surface area contributed by atoms with Crippen molar-refractivity contribution in [2.45, 2.75) is 37.5 Å². The monoisotopic (exact) mass is 494 g/mol. The molecule has 0 radical (unpaired) electrons. The van der Waals surface area contributed by atoms with Gasteiger partial charge in [0.05, 0.1) is 35.4 Å². The number of piperidine rings is 1. The molecule has 1 saturated heterocycles. The molecule has 0 bridgehead atoms. The van der Waals surface area contributed by atoms with Crippen LogP contribution < -0.4 is 19.5 Å². The van der Waals surface area contributed by atoms with Gasteiger partial charge in [0, 0.05) is 25.1 Å². The Morgan fingerprint density at radius 3 is 2.61 bits per heavy atom. The van der Waals surface area contributed by atoms with Gasteiger partial charge in [-0.15, -0.1) is 0 Å². The lowest BCUT2D eigenvalue weighted by Gasteiger charge is -2.26. The molecule has 0 aliphatic carbocycles. The molecule has 1 N–H and O–H groups in total. The zero-order valence-corrected chi connectivity index (χ0v) is 20.0. The fourth-order valence-electron chi connectivity index (χ4n) is 3.86. The Labute approximate surface area is 198 Å². The highest BCUT2D eigenvalue weighted by Crippen LogP contribution is 2.38. The van der Waals surface area contributed by atoms with Crippen molar-refractivity contribution < 1.29 is 27.4 Å². The Morgan fingerprint density at radius 2 is 1.85 bits per heavy atom. The molecule has 0 spiro atoms. The van der Waals surface area contributed by atoms with Gasteiger partial charge in [0.15, 0.2) is 11.5 Å². The fourth-order valence-corrected chi connectivity index (χ4v) is 5.67. The molecule has 2 aromatic carbocycles. The van der Waals surface area contributed by atoms with Gasteiger partial charge in [-0.05, 0) is 50.1 Å². The number of hydrogen-bond donors (Lipinski definition) is 1. The Balaban J connectivity index is 1.64. The second kappa shape index (κ2) is 10.2. The highest BCUT2D eigenvalue weighted by molar-refractivity contribution is 7.89. The van der Waals surface area contributed by atoms with Gasteiger partial charge in [-0.25, -0.2) is 8.42 Å². The number of amides is 1. The van der Waals surface area contributed by atoms with E-state index in [1.54, 1.807) is 12.1 Å². The Morgan fingerprint density at radius 1 is 1.09 bits per heavy atom. The summed E-state index contributed by atoms with van der Waals surface area (Å²) in [4.78, 5) is 13.2. The molecule has 1 fully saturated rings. The summed E-state index contributed by atoms with van der Waals surface area (Å²) >= 11 is 6.32. The number of nitrogens with zero attached hydrogens (tertiary/aromatic N) is 1. The molecule has 2 aromatic rings. The third kappa shape index (κ3) is 5.20. The van der Waals surface area contributed by atoms with Crippen LogP contribution in [0, 0.1) is 0 Å². The quantitative estimate of drug-likeness (QED) is 0.642. The predicted molar refractivity (Wildman–Crippen MR) is 125 cm³/mol. The number of sulfonamides is 1. The second-order valence-electron chi connectivity index (χ2n) is 7.85. The maximum Gasteiger partial charge on any atom is 0.255 e. The van der Waals surface area contributed by atoms with E-state index >= 15 is 0 Å². The summed E-state index contributed by atoms with van der Waals surface area (Å²) in [5.74, 6) is 0.719. The van der Waals surface area contributed by atoms with Crippen molar-refractivity contribution in [3.8, 4) is 17.2 Å². The molecule has 0 saturated carbocycles. The standard InChI is InChI=1S/C23H27ClN2O6S/c1-2-30-20-8-7-17(33(28,29)26-9-4-3-5-10-26)15-19(20)25-23(27)16-13-18(24)22-21(14-16)31-11-6-12-32-22/h7-8,13-15H,2-6,9-12H2,1H3,(H,25,27). The number of rotatable bonds is 6. The minimum Gasteiger partial charge on any atom is -0.492 e. The van der Waals surface area contributed by atoms with Crippen molar-refractivity contribution >= 4 is 33.2 Å². The summed E-state index contributed by atoms with van der Waals surface area (Å²) in [7, 11) is -3.67. The highest BCUT2D eigenvalue weighted by Gasteiger charge is 2.27. The fraction of sp³-hybridized carbons (Fsp3) is 0.435. The van der Waals surface area contributed by atoms with E-state index in [4.69, 9.17) is 25.8 Å². The van der Waals surface area contributed by atoms with E-state index in [1.807, 2.05) is 6.92 Å². The molecule has 0 atom stereocenters. The average Bonchev–Trinajstić information content (AvgIpc) is 3.07. The summed E-state index contributed by atoms with van der Waals surface area (Å²) in [6.07, 6.45) is 3.41. The molecular weight excluding hydrogens is 468 g/mol. The smallest absolute Gasteiger partial charge is 0.255 e. The van der Waals surface area contributed by atoms with Crippen LogP contribution in [0.4, 0.5) is 5.69 Å². The van der Waals surface area contributed by atoms with Crippen LogP contribution >= 0.6 is 11.6 Å². The van der Waals surface area contributed by atoms with E-state index in [-0.39, 0.29) is 21.2 Å². The number of carbonyl (C=O) groups excluding carboxylic acids is 1. The maximum absolute atomic E-state index is 13.1. The van der Waals surface area contributed by atoms with Gasteiger partial charge in [-0.2, -0.15) is 4.31 Å². The second-order valence-corrected chi connectivity index (χ2v) is 10.2. The lowest BCUT2D eigenvalue weighted by Crippen LogP contribution is -2.35. The topological polar surface area (TPSA) is 94.2 Å². The highest BCUT2D eigenvalue weighted by atomic mass is 35.5. The Hall–Kier alpha value is -2.49. The van der Waals surface area contributed by atoms with Crippen molar-refractivity contribution in [3.63, 3.8) is 0 Å². The van der Waals surface area contributed by atoms with E-state index in [9.17, 15) is 13.2 Å². The van der Waals surface area contributed by atoms with Crippen molar-refractivity contribution in [1.29, 1.82) is 0 Å². The number of anilines is 1. The lowest BCUT2D eigenvalue weighted by molar-refractivity contribution is 0.102. The number of benzene rings is 2. The molecular formula is C23H27ClN2O6S. The molecule has 33 heavy (non-hydrogen) atoms. The molecule has 4 rings (SSSR count). The Bertz CT molecular complexity index is 1130. The lowest BCUT2D eigenvalue weighted by atomic mass is 10.1. The van der Waals surface area contributed by atoms with Gasteiger partial charge in [0.25, 0.3) is 5.91 Å². The number of hydrogen-bond acceptors (Lipinski definition) is 6. The van der Waals surface area contributed by atoms with Crippen LogP contribution in [0.3, 0.4) is 0 Å². The average molecular weight is 495 g/mol. The number of halogens is 1. The van der Waals surface area contributed by atoms with Crippen molar-refractivity contribution in [2.75, 3.05) is 38.2 Å². The predicted octanol–water partition coefficient (Wildman–Crippen LogP) is 4.33. The Kier molecular flexibility index (Phi) is 7.31. The van der Waals surface area contributed by atoms with Crippen LogP contribution in [0.1, 0.15) is 43.0 Å². The molecule has 8 nitrogen and oxygen atoms in total. The first-order valence-corrected chi connectivity index (χ1v) is 12.9. The number of carbonyl (C=O) groups is 1. The zero-order valence-electron chi connectivity index (χ0n) is 18.4. The SMILES string of the molecule is CCOc1ccc(S(=O)(=O)N2CCCCC2)cc1NC(=O)c1cc(Cl)c2c(c1)OCCCO2. The summed E-state index contributed by atoms with van der Waals surface area (Å²) in [5, 5.41) is 3.04. The molecule has 1 amide bonds. The van der Waals surface area contributed by atoms with E-state index in [1.165, 1.54) is 22.5 Å². The first kappa shape index (κ1) is 23.7. The molecule has 2 aliphatic rings. The van der Waals surface area contributed by atoms with Gasteiger partial charge in [0.1, 0.15) is 5.75 Å². The van der Waals surface area contributed by atoms with Crippen LogP contribution in [-0.4, -0.2) is 51.5 Å². The molecule has 0 aromatic heterocycles. The maximum atomic E-state index is 13.1.